The Morgan fingerprint density at radius 2 is 1.89 bits per heavy atom. The molecule has 0 amide bonds. The summed E-state index contributed by atoms with van der Waals surface area (Å²) in [5, 5.41) is 9.87. The zero-order valence-corrected chi connectivity index (χ0v) is 21.2. The van der Waals surface area contributed by atoms with Gasteiger partial charge in [0.05, 0.1) is 31.1 Å². The highest BCUT2D eigenvalue weighted by Gasteiger charge is 2.35. The van der Waals surface area contributed by atoms with Crippen LogP contribution in [-0.2, 0) is 21.3 Å². The fourth-order valence-corrected chi connectivity index (χ4v) is 6.24. The van der Waals surface area contributed by atoms with Crippen molar-refractivity contribution in [1.82, 2.24) is 24.5 Å². The molecule has 4 atom stereocenters. The van der Waals surface area contributed by atoms with Crippen LogP contribution in [0.3, 0.4) is 0 Å². The first-order valence-corrected chi connectivity index (χ1v) is 13.4. The molecule has 7 rings (SSSR count). The van der Waals surface area contributed by atoms with E-state index in [9.17, 15) is 0 Å². The molecular formula is C26H35N7O3. The van der Waals surface area contributed by atoms with E-state index in [4.69, 9.17) is 29.4 Å². The average molecular weight is 494 g/mol. The number of rotatable bonds is 4. The predicted octanol–water partition coefficient (Wildman–Crippen LogP) is 3.12. The topological polar surface area (TPSA) is 82.7 Å². The van der Waals surface area contributed by atoms with Gasteiger partial charge in [0.2, 0.25) is 0 Å². The second-order valence-corrected chi connectivity index (χ2v) is 10.7. The lowest BCUT2D eigenvalue weighted by atomic mass is 10.1. The quantitative estimate of drug-likeness (QED) is 0.548. The zero-order chi connectivity index (χ0) is 24.2. The van der Waals surface area contributed by atoms with Gasteiger partial charge in [0.1, 0.15) is 34.5 Å². The van der Waals surface area contributed by atoms with E-state index in [-0.39, 0.29) is 12.3 Å². The Hall–Kier alpha value is -2.69. The van der Waals surface area contributed by atoms with Crippen LogP contribution in [0.4, 0.5) is 11.5 Å². The largest absolute Gasteiger partial charge is 0.377 e. The van der Waals surface area contributed by atoms with Crippen molar-refractivity contribution < 1.29 is 14.2 Å². The van der Waals surface area contributed by atoms with Crippen molar-refractivity contribution in [2.75, 3.05) is 49.3 Å². The van der Waals surface area contributed by atoms with E-state index >= 15 is 0 Å². The van der Waals surface area contributed by atoms with Gasteiger partial charge < -0.3 is 24.0 Å². The molecular weight excluding hydrogens is 458 g/mol. The van der Waals surface area contributed by atoms with Crippen molar-refractivity contribution in [3.63, 3.8) is 0 Å². The molecule has 4 saturated heterocycles. The lowest BCUT2D eigenvalue weighted by Crippen LogP contribution is -2.45. The van der Waals surface area contributed by atoms with Crippen LogP contribution in [0, 0.1) is 0 Å². The van der Waals surface area contributed by atoms with Gasteiger partial charge in [0.15, 0.2) is 0 Å². The molecule has 192 valence electrons. The molecule has 4 fully saturated rings. The van der Waals surface area contributed by atoms with E-state index in [1.54, 1.807) is 0 Å². The summed E-state index contributed by atoms with van der Waals surface area (Å²) in [5.74, 6) is 1.00. The number of fused-ring (bicyclic) bond motifs is 3. The summed E-state index contributed by atoms with van der Waals surface area (Å²) in [4.78, 5) is 10.1. The van der Waals surface area contributed by atoms with Crippen molar-refractivity contribution in [3.05, 3.63) is 18.3 Å². The molecule has 0 aliphatic carbocycles. The van der Waals surface area contributed by atoms with Crippen LogP contribution in [0.1, 0.15) is 45.3 Å². The standard InChI is InChI=1S/C26H35N7O3/c1-17-16-34-12-10-32(17)21-13-22(31-14-18-6-7-19(15-31)36-18)27-25-24(29-30(2)26(21)25)20-8-9-33(28-20)23-5-3-4-11-35-23/h8-9,13,17-19,23H,3-7,10-12,14-16H2,1-2H3/t17-,18?,19?,23?/m1/s1. The second kappa shape index (κ2) is 9.00. The summed E-state index contributed by atoms with van der Waals surface area (Å²) >= 11 is 0. The molecule has 0 aromatic carbocycles. The first kappa shape index (κ1) is 22.5. The molecule has 0 saturated carbocycles. The number of hydrogen-bond acceptors (Lipinski definition) is 8. The van der Waals surface area contributed by atoms with E-state index in [2.05, 4.69) is 22.8 Å². The second-order valence-electron chi connectivity index (χ2n) is 10.7. The van der Waals surface area contributed by atoms with Crippen molar-refractivity contribution in [2.45, 2.75) is 63.5 Å². The van der Waals surface area contributed by atoms with E-state index < -0.39 is 0 Å². The number of aryl methyl sites for hydroxylation is 1. The molecule has 0 N–H and O–H groups in total. The molecule has 3 aromatic heterocycles. The van der Waals surface area contributed by atoms with Crippen LogP contribution in [0.25, 0.3) is 22.4 Å². The highest BCUT2D eigenvalue weighted by molar-refractivity contribution is 5.98. The number of aromatic nitrogens is 5. The molecule has 3 aromatic rings. The Kier molecular flexibility index (Phi) is 5.63. The summed E-state index contributed by atoms with van der Waals surface area (Å²) in [6.45, 7) is 7.08. The number of anilines is 2. The van der Waals surface area contributed by atoms with Crippen molar-refractivity contribution in [2.24, 2.45) is 7.05 Å². The summed E-state index contributed by atoms with van der Waals surface area (Å²) in [6.07, 6.45) is 8.16. The zero-order valence-electron chi connectivity index (χ0n) is 21.2. The molecule has 36 heavy (non-hydrogen) atoms. The van der Waals surface area contributed by atoms with Crippen LogP contribution in [0.15, 0.2) is 18.3 Å². The van der Waals surface area contributed by atoms with Gasteiger partial charge in [-0.2, -0.15) is 10.2 Å². The molecule has 0 radical (unpaired) electrons. The Balaban J connectivity index is 1.34. The van der Waals surface area contributed by atoms with Gasteiger partial charge in [-0.05, 0) is 45.1 Å². The molecule has 3 unspecified atom stereocenters. The SMILES string of the molecule is C[C@@H]1COCCN1c1cc(N2CC3CCC(C2)O3)nc2c(-c3ccn(C4CCCCO4)n3)nn(C)c12. The smallest absolute Gasteiger partial charge is 0.150 e. The van der Waals surface area contributed by atoms with Gasteiger partial charge in [-0.25, -0.2) is 9.67 Å². The lowest BCUT2D eigenvalue weighted by molar-refractivity contribution is -0.0393. The van der Waals surface area contributed by atoms with E-state index in [0.717, 1.165) is 93.4 Å². The minimum atomic E-state index is -0.000387. The van der Waals surface area contributed by atoms with Crippen molar-refractivity contribution in [1.29, 1.82) is 0 Å². The fourth-order valence-electron chi connectivity index (χ4n) is 6.24. The minimum absolute atomic E-state index is 0.000387. The first-order valence-electron chi connectivity index (χ1n) is 13.4. The third kappa shape index (κ3) is 3.86. The van der Waals surface area contributed by atoms with Crippen LogP contribution < -0.4 is 9.80 Å². The summed E-state index contributed by atoms with van der Waals surface area (Å²) in [6, 6.07) is 4.58. The first-order chi connectivity index (χ1) is 17.6. The molecule has 7 heterocycles. The molecule has 10 nitrogen and oxygen atoms in total. The average Bonchev–Trinajstić information content (AvgIpc) is 3.61. The van der Waals surface area contributed by atoms with Crippen molar-refractivity contribution >= 4 is 22.5 Å². The maximum atomic E-state index is 6.12. The van der Waals surface area contributed by atoms with Crippen LogP contribution >= 0.6 is 0 Å². The number of ether oxygens (including phenoxy) is 3. The van der Waals surface area contributed by atoms with E-state index in [1.807, 2.05) is 28.7 Å². The maximum Gasteiger partial charge on any atom is 0.150 e. The number of hydrogen-bond donors (Lipinski definition) is 0. The van der Waals surface area contributed by atoms with Crippen LogP contribution in [0.2, 0.25) is 0 Å². The molecule has 4 aliphatic heterocycles. The van der Waals surface area contributed by atoms with Gasteiger partial charge in [0, 0.05) is 51.6 Å². The Morgan fingerprint density at radius 3 is 2.67 bits per heavy atom. The normalized spacial score (nSPS) is 28.8. The highest BCUT2D eigenvalue weighted by Crippen LogP contribution is 2.38. The number of nitrogens with zero attached hydrogens (tertiary/aromatic N) is 7. The van der Waals surface area contributed by atoms with Crippen LogP contribution in [-0.4, -0.2) is 82.2 Å². The minimum Gasteiger partial charge on any atom is -0.377 e. The molecule has 4 aliphatic rings. The molecule has 2 bridgehead atoms. The third-order valence-corrected chi connectivity index (χ3v) is 8.10. The third-order valence-electron chi connectivity index (χ3n) is 8.10. The highest BCUT2D eigenvalue weighted by atomic mass is 16.5. The summed E-state index contributed by atoms with van der Waals surface area (Å²) in [5.41, 5.74) is 4.77. The Labute approximate surface area is 211 Å². The lowest BCUT2D eigenvalue weighted by Gasteiger charge is -2.37. The molecule has 0 spiro atoms. The van der Waals surface area contributed by atoms with Gasteiger partial charge in [0.25, 0.3) is 0 Å². The van der Waals surface area contributed by atoms with Crippen LogP contribution in [0.5, 0.6) is 0 Å². The monoisotopic (exact) mass is 493 g/mol. The van der Waals surface area contributed by atoms with Gasteiger partial charge in [-0.1, -0.05) is 0 Å². The fraction of sp³-hybridized carbons (Fsp3) is 0.654. The Morgan fingerprint density at radius 1 is 1.03 bits per heavy atom. The van der Waals surface area contributed by atoms with E-state index in [0.29, 0.717) is 12.2 Å². The van der Waals surface area contributed by atoms with Gasteiger partial charge in [-0.3, -0.25) is 4.68 Å². The summed E-state index contributed by atoms with van der Waals surface area (Å²) in [7, 11) is 2.01. The summed E-state index contributed by atoms with van der Waals surface area (Å²) < 4.78 is 21.8. The predicted molar refractivity (Wildman–Crippen MR) is 136 cm³/mol. The number of pyridine rings is 1. The Bertz CT molecular complexity index is 1240. The van der Waals surface area contributed by atoms with Gasteiger partial charge >= 0.3 is 0 Å². The maximum absolute atomic E-state index is 6.12. The number of morpholine rings is 2. The van der Waals surface area contributed by atoms with Crippen molar-refractivity contribution in [3.8, 4) is 11.4 Å². The molecule has 10 heteroatoms. The van der Waals surface area contributed by atoms with E-state index in [1.165, 1.54) is 12.1 Å². The van der Waals surface area contributed by atoms with Gasteiger partial charge in [-0.15, -0.1) is 0 Å².